The summed E-state index contributed by atoms with van der Waals surface area (Å²) in [6.45, 7) is 4.42. The van der Waals surface area contributed by atoms with E-state index in [4.69, 9.17) is 15.2 Å². The molecule has 0 aliphatic carbocycles. The van der Waals surface area contributed by atoms with E-state index >= 15 is 0 Å². The summed E-state index contributed by atoms with van der Waals surface area (Å²) in [6, 6.07) is 4.74. The van der Waals surface area contributed by atoms with Crippen LogP contribution in [0.3, 0.4) is 0 Å². The predicted octanol–water partition coefficient (Wildman–Crippen LogP) is 1.84. The molecule has 1 aromatic carbocycles. The summed E-state index contributed by atoms with van der Waals surface area (Å²) in [5.41, 5.74) is 7.04. The van der Waals surface area contributed by atoms with Crippen molar-refractivity contribution in [2.45, 2.75) is 20.1 Å². The Balaban J connectivity index is 2.38. The molecular weight excluding hydrogens is 209 g/mol. The molecule has 0 heterocycles. The molecule has 0 atom stereocenters. The average Bonchev–Trinajstić information content (AvgIpc) is 2.28. The largest absolute Gasteiger partial charge is 0.379 e. The third-order valence-corrected chi connectivity index (χ3v) is 2.10. The van der Waals surface area contributed by atoms with Gasteiger partial charge in [-0.05, 0) is 30.2 Å². The lowest BCUT2D eigenvalue weighted by atomic mass is 10.1. The van der Waals surface area contributed by atoms with Gasteiger partial charge in [-0.25, -0.2) is 4.39 Å². The molecule has 0 aromatic heterocycles. The van der Waals surface area contributed by atoms with Crippen molar-refractivity contribution in [2.24, 2.45) is 5.73 Å². The van der Waals surface area contributed by atoms with E-state index in [1.54, 1.807) is 0 Å². The molecule has 0 fully saturated rings. The van der Waals surface area contributed by atoms with Gasteiger partial charge in [0.1, 0.15) is 5.82 Å². The van der Waals surface area contributed by atoms with Gasteiger partial charge >= 0.3 is 0 Å². The highest BCUT2D eigenvalue weighted by Gasteiger charge is 2.00. The van der Waals surface area contributed by atoms with E-state index in [0.29, 0.717) is 33.0 Å². The fourth-order valence-corrected chi connectivity index (χ4v) is 1.37. The maximum absolute atomic E-state index is 13.1. The minimum absolute atomic E-state index is 0.272. The Morgan fingerprint density at radius 1 is 1.12 bits per heavy atom. The molecule has 0 aliphatic heterocycles. The molecule has 16 heavy (non-hydrogen) atoms. The monoisotopic (exact) mass is 227 g/mol. The quantitative estimate of drug-likeness (QED) is 0.723. The Kier molecular flexibility index (Phi) is 6.00. The summed E-state index contributed by atoms with van der Waals surface area (Å²) < 4.78 is 23.6. The molecule has 90 valence electrons. The fourth-order valence-electron chi connectivity index (χ4n) is 1.37. The molecule has 0 aliphatic rings. The lowest BCUT2D eigenvalue weighted by Crippen LogP contribution is -2.05. The first-order valence-corrected chi connectivity index (χ1v) is 5.40. The Morgan fingerprint density at radius 3 is 2.50 bits per heavy atom. The van der Waals surface area contributed by atoms with E-state index in [1.807, 2.05) is 13.0 Å². The maximum atomic E-state index is 13.1. The Morgan fingerprint density at radius 2 is 1.81 bits per heavy atom. The van der Waals surface area contributed by atoms with Gasteiger partial charge in [-0.1, -0.05) is 6.07 Å². The number of ether oxygens (including phenoxy) is 2. The lowest BCUT2D eigenvalue weighted by Gasteiger charge is -2.06. The number of nitrogens with two attached hydrogens (primary N) is 1. The van der Waals surface area contributed by atoms with Crippen LogP contribution >= 0.6 is 0 Å². The third-order valence-electron chi connectivity index (χ3n) is 2.10. The standard InChI is InChI=1S/C12H18FNO2/c1-2-15-3-4-16-9-11-5-10(8-14)6-12(13)7-11/h5-7H,2-4,8-9,14H2,1H3. The highest BCUT2D eigenvalue weighted by Crippen LogP contribution is 2.09. The number of benzene rings is 1. The predicted molar refractivity (Wildman–Crippen MR) is 60.4 cm³/mol. The summed E-state index contributed by atoms with van der Waals surface area (Å²) >= 11 is 0. The molecule has 0 bridgehead atoms. The Hall–Kier alpha value is -0.970. The summed E-state index contributed by atoms with van der Waals surface area (Å²) in [5, 5.41) is 0. The normalized spacial score (nSPS) is 10.7. The van der Waals surface area contributed by atoms with Gasteiger partial charge in [0.05, 0.1) is 19.8 Å². The second-order valence-electron chi connectivity index (χ2n) is 3.42. The molecule has 1 rings (SSSR count). The van der Waals surface area contributed by atoms with Crippen LogP contribution in [0, 0.1) is 5.82 Å². The molecule has 4 heteroatoms. The van der Waals surface area contributed by atoms with E-state index in [2.05, 4.69) is 0 Å². The fraction of sp³-hybridized carbons (Fsp3) is 0.500. The zero-order chi connectivity index (χ0) is 11.8. The smallest absolute Gasteiger partial charge is 0.123 e. The summed E-state index contributed by atoms with van der Waals surface area (Å²) in [4.78, 5) is 0. The van der Waals surface area contributed by atoms with Gasteiger partial charge in [-0.2, -0.15) is 0 Å². The van der Waals surface area contributed by atoms with Crippen LogP contribution in [0.1, 0.15) is 18.1 Å². The molecule has 0 unspecified atom stereocenters. The SMILES string of the molecule is CCOCCOCc1cc(F)cc(CN)c1. The van der Waals surface area contributed by atoms with Crippen LogP contribution in [-0.4, -0.2) is 19.8 Å². The van der Waals surface area contributed by atoms with Gasteiger partial charge < -0.3 is 15.2 Å². The van der Waals surface area contributed by atoms with Crippen LogP contribution in [0.25, 0.3) is 0 Å². The second-order valence-corrected chi connectivity index (χ2v) is 3.42. The number of rotatable bonds is 7. The van der Waals surface area contributed by atoms with Gasteiger partial charge in [0.25, 0.3) is 0 Å². The van der Waals surface area contributed by atoms with Gasteiger partial charge in [0.15, 0.2) is 0 Å². The summed E-state index contributed by atoms with van der Waals surface area (Å²) in [6.07, 6.45) is 0. The van der Waals surface area contributed by atoms with Gasteiger partial charge in [-0.15, -0.1) is 0 Å². The average molecular weight is 227 g/mol. The van der Waals surface area contributed by atoms with Crippen molar-refractivity contribution in [3.63, 3.8) is 0 Å². The number of hydrogen-bond acceptors (Lipinski definition) is 3. The van der Waals surface area contributed by atoms with Crippen molar-refractivity contribution in [2.75, 3.05) is 19.8 Å². The van der Waals surface area contributed by atoms with Gasteiger partial charge in [0, 0.05) is 13.2 Å². The van der Waals surface area contributed by atoms with E-state index in [-0.39, 0.29) is 5.82 Å². The van der Waals surface area contributed by atoms with Crippen LogP contribution < -0.4 is 5.73 Å². The Bertz CT molecular complexity index is 318. The molecule has 3 nitrogen and oxygen atoms in total. The van der Waals surface area contributed by atoms with E-state index in [0.717, 1.165) is 11.1 Å². The van der Waals surface area contributed by atoms with Crippen molar-refractivity contribution in [3.8, 4) is 0 Å². The van der Waals surface area contributed by atoms with Crippen molar-refractivity contribution < 1.29 is 13.9 Å². The summed E-state index contributed by atoms with van der Waals surface area (Å²) in [7, 11) is 0. The molecule has 1 aromatic rings. The summed E-state index contributed by atoms with van der Waals surface area (Å²) in [5.74, 6) is -0.272. The van der Waals surface area contributed by atoms with Gasteiger partial charge in [-0.3, -0.25) is 0 Å². The van der Waals surface area contributed by atoms with Gasteiger partial charge in [0.2, 0.25) is 0 Å². The highest BCUT2D eigenvalue weighted by molar-refractivity contribution is 5.24. The van der Waals surface area contributed by atoms with Crippen LogP contribution in [0.5, 0.6) is 0 Å². The van der Waals surface area contributed by atoms with E-state index in [9.17, 15) is 4.39 Å². The van der Waals surface area contributed by atoms with Crippen molar-refractivity contribution in [1.29, 1.82) is 0 Å². The number of halogens is 1. The van der Waals surface area contributed by atoms with Crippen molar-refractivity contribution >= 4 is 0 Å². The van der Waals surface area contributed by atoms with Crippen LogP contribution in [0.4, 0.5) is 4.39 Å². The highest BCUT2D eigenvalue weighted by atomic mass is 19.1. The zero-order valence-electron chi connectivity index (χ0n) is 9.54. The topological polar surface area (TPSA) is 44.5 Å². The van der Waals surface area contributed by atoms with E-state index in [1.165, 1.54) is 12.1 Å². The van der Waals surface area contributed by atoms with Crippen LogP contribution in [-0.2, 0) is 22.6 Å². The van der Waals surface area contributed by atoms with Crippen molar-refractivity contribution in [3.05, 3.63) is 35.1 Å². The molecule has 0 spiro atoms. The molecule has 0 amide bonds. The molecule has 0 radical (unpaired) electrons. The zero-order valence-corrected chi connectivity index (χ0v) is 9.54. The first-order chi connectivity index (χ1) is 7.76. The minimum Gasteiger partial charge on any atom is -0.379 e. The first-order valence-electron chi connectivity index (χ1n) is 5.40. The lowest BCUT2D eigenvalue weighted by molar-refractivity contribution is 0.0452. The number of hydrogen-bond donors (Lipinski definition) is 1. The molecule has 0 saturated heterocycles. The second kappa shape index (κ2) is 7.33. The Labute approximate surface area is 95.4 Å². The molecule has 2 N–H and O–H groups in total. The minimum atomic E-state index is -0.272. The van der Waals surface area contributed by atoms with Crippen LogP contribution in [0.15, 0.2) is 18.2 Å². The van der Waals surface area contributed by atoms with E-state index < -0.39 is 0 Å². The third kappa shape index (κ3) is 4.70. The molecular formula is C12H18FNO2. The van der Waals surface area contributed by atoms with Crippen LogP contribution in [0.2, 0.25) is 0 Å². The first kappa shape index (κ1) is 13.1. The molecule has 0 saturated carbocycles. The van der Waals surface area contributed by atoms with Crippen molar-refractivity contribution in [1.82, 2.24) is 0 Å². The maximum Gasteiger partial charge on any atom is 0.123 e.